The van der Waals surface area contributed by atoms with Crippen molar-refractivity contribution in [3.63, 3.8) is 0 Å². The molecule has 2 unspecified atom stereocenters. The van der Waals surface area contributed by atoms with Crippen LogP contribution in [0.25, 0.3) is 0 Å². The Morgan fingerprint density at radius 1 is 1.12 bits per heavy atom. The maximum atomic E-state index is 12.8. The fourth-order valence-electron chi connectivity index (χ4n) is 3.54. The van der Waals surface area contributed by atoms with E-state index in [0.717, 1.165) is 30.4 Å². The standard InChI is InChI=1S/C26H36N2O4/c1-3-28(17-14-22(20-29)15-18-32-2)26(31)24-11-9-21(10-12-24)13-16-27-19-25(30)23-7-5-4-6-8-23/h4-12,20,22,25,27,30H,3,13-19H2,1-2H3. The number of carbonyl (C=O) groups is 2. The summed E-state index contributed by atoms with van der Waals surface area (Å²) in [4.78, 5) is 25.9. The van der Waals surface area contributed by atoms with E-state index in [1.807, 2.05) is 61.5 Å². The van der Waals surface area contributed by atoms with Crippen molar-refractivity contribution < 1.29 is 19.4 Å². The molecular formula is C26H36N2O4. The molecule has 2 N–H and O–H groups in total. The van der Waals surface area contributed by atoms with Crippen molar-refractivity contribution in [2.24, 2.45) is 5.92 Å². The van der Waals surface area contributed by atoms with Gasteiger partial charge in [-0.3, -0.25) is 4.79 Å². The number of aldehydes is 1. The lowest BCUT2D eigenvalue weighted by Crippen LogP contribution is -2.33. The zero-order valence-corrected chi connectivity index (χ0v) is 19.2. The van der Waals surface area contributed by atoms with Gasteiger partial charge < -0.3 is 24.9 Å². The third-order valence-corrected chi connectivity index (χ3v) is 5.64. The van der Waals surface area contributed by atoms with Crippen molar-refractivity contribution in [1.82, 2.24) is 10.2 Å². The minimum absolute atomic E-state index is 0.0143. The van der Waals surface area contributed by atoms with Crippen molar-refractivity contribution in [3.8, 4) is 0 Å². The molecule has 174 valence electrons. The monoisotopic (exact) mass is 440 g/mol. The molecule has 6 nitrogen and oxygen atoms in total. The first-order chi connectivity index (χ1) is 15.6. The number of carbonyl (C=O) groups excluding carboxylic acids is 2. The van der Waals surface area contributed by atoms with Gasteiger partial charge in [-0.25, -0.2) is 0 Å². The van der Waals surface area contributed by atoms with Crippen LogP contribution in [-0.2, 0) is 16.0 Å². The third-order valence-electron chi connectivity index (χ3n) is 5.64. The first-order valence-electron chi connectivity index (χ1n) is 11.3. The van der Waals surface area contributed by atoms with Crippen LogP contribution in [0.4, 0.5) is 0 Å². The first kappa shape index (κ1) is 25.7. The Bertz CT molecular complexity index is 795. The lowest BCUT2D eigenvalue weighted by Gasteiger charge is -2.22. The second-order valence-electron chi connectivity index (χ2n) is 7.93. The average Bonchev–Trinajstić information content (AvgIpc) is 2.84. The molecule has 2 atom stereocenters. The van der Waals surface area contributed by atoms with E-state index in [0.29, 0.717) is 44.6 Å². The molecule has 0 bridgehead atoms. The highest BCUT2D eigenvalue weighted by Crippen LogP contribution is 2.13. The Labute approximate surface area is 191 Å². The van der Waals surface area contributed by atoms with E-state index in [1.165, 1.54) is 0 Å². The number of hydrogen-bond acceptors (Lipinski definition) is 5. The van der Waals surface area contributed by atoms with Crippen LogP contribution in [0, 0.1) is 5.92 Å². The lowest BCUT2D eigenvalue weighted by molar-refractivity contribution is -0.111. The fraction of sp³-hybridized carbons (Fsp3) is 0.462. The Kier molecular flexibility index (Phi) is 11.7. The molecule has 2 aromatic carbocycles. The van der Waals surface area contributed by atoms with Crippen LogP contribution in [0.2, 0.25) is 0 Å². The van der Waals surface area contributed by atoms with Crippen LogP contribution in [0.5, 0.6) is 0 Å². The second-order valence-corrected chi connectivity index (χ2v) is 7.93. The summed E-state index contributed by atoms with van der Waals surface area (Å²) in [6.07, 6.45) is 2.57. The van der Waals surface area contributed by atoms with E-state index in [9.17, 15) is 14.7 Å². The van der Waals surface area contributed by atoms with Crippen molar-refractivity contribution in [2.45, 2.75) is 32.3 Å². The van der Waals surface area contributed by atoms with E-state index in [4.69, 9.17) is 4.74 Å². The molecule has 0 saturated carbocycles. The van der Waals surface area contributed by atoms with E-state index in [2.05, 4.69) is 5.32 Å². The number of aliphatic hydroxyl groups excluding tert-OH is 1. The molecule has 2 rings (SSSR count). The highest BCUT2D eigenvalue weighted by atomic mass is 16.5. The van der Waals surface area contributed by atoms with Gasteiger partial charge in [-0.2, -0.15) is 0 Å². The van der Waals surface area contributed by atoms with Gasteiger partial charge in [0.1, 0.15) is 6.29 Å². The zero-order chi connectivity index (χ0) is 23.2. The van der Waals surface area contributed by atoms with Crippen LogP contribution < -0.4 is 5.32 Å². The first-order valence-corrected chi connectivity index (χ1v) is 11.3. The zero-order valence-electron chi connectivity index (χ0n) is 19.2. The second kappa shape index (κ2) is 14.5. The lowest BCUT2D eigenvalue weighted by atomic mass is 10.0. The van der Waals surface area contributed by atoms with E-state index in [-0.39, 0.29) is 11.8 Å². The number of nitrogens with one attached hydrogen (secondary N) is 1. The number of ether oxygens (including phenoxy) is 1. The van der Waals surface area contributed by atoms with Gasteiger partial charge in [0.2, 0.25) is 0 Å². The number of benzene rings is 2. The maximum Gasteiger partial charge on any atom is 0.253 e. The summed E-state index contributed by atoms with van der Waals surface area (Å²) in [7, 11) is 1.62. The molecule has 1 amide bonds. The summed E-state index contributed by atoms with van der Waals surface area (Å²) >= 11 is 0. The summed E-state index contributed by atoms with van der Waals surface area (Å²) in [6, 6.07) is 17.3. The smallest absolute Gasteiger partial charge is 0.253 e. The SMILES string of the molecule is CCN(CCC(C=O)CCOC)C(=O)c1ccc(CCNCC(O)c2ccccc2)cc1. The van der Waals surface area contributed by atoms with Gasteiger partial charge >= 0.3 is 0 Å². The molecule has 0 aromatic heterocycles. The van der Waals surface area contributed by atoms with E-state index >= 15 is 0 Å². The Hall–Kier alpha value is -2.54. The highest BCUT2D eigenvalue weighted by molar-refractivity contribution is 5.94. The van der Waals surface area contributed by atoms with Gasteiger partial charge in [0, 0.05) is 44.8 Å². The van der Waals surface area contributed by atoms with Gasteiger partial charge in [0.15, 0.2) is 0 Å². The van der Waals surface area contributed by atoms with Gasteiger partial charge in [0.25, 0.3) is 5.91 Å². The molecule has 0 aliphatic rings. The quantitative estimate of drug-likeness (QED) is 0.328. The van der Waals surface area contributed by atoms with Crippen LogP contribution in [0.3, 0.4) is 0 Å². The average molecular weight is 441 g/mol. The third kappa shape index (κ3) is 8.54. The maximum absolute atomic E-state index is 12.8. The van der Waals surface area contributed by atoms with E-state index in [1.54, 1.807) is 12.0 Å². The molecule has 0 radical (unpaired) electrons. The van der Waals surface area contributed by atoms with Crippen molar-refractivity contribution >= 4 is 12.2 Å². The predicted molar refractivity (Wildman–Crippen MR) is 127 cm³/mol. The van der Waals surface area contributed by atoms with Crippen LogP contribution in [0.1, 0.15) is 47.4 Å². The van der Waals surface area contributed by atoms with Crippen LogP contribution >= 0.6 is 0 Å². The molecule has 0 saturated heterocycles. The number of hydrogen-bond donors (Lipinski definition) is 2. The molecule has 0 aliphatic carbocycles. The summed E-state index contributed by atoms with van der Waals surface area (Å²) in [5, 5.41) is 13.5. The molecule has 32 heavy (non-hydrogen) atoms. The molecule has 0 aliphatic heterocycles. The summed E-state index contributed by atoms with van der Waals surface area (Å²) in [6.45, 7) is 4.89. The van der Waals surface area contributed by atoms with Gasteiger partial charge in [-0.05, 0) is 56.0 Å². The molecule has 0 heterocycles. The molecule has 2 aromatic rings. The molecule has 0 spiro atoms. The predicted octanol–water partition coefficient (Wildman–Crippen LogP) is 3.26. The Balaban J connectivity index is 1.78. The molecule has 0 fully saturated rings. The van der Waals surface area contributed by atoms with Crippen molar-refractivity contribution in [2.75, 3.05) is 39.9 Å². The number of methoxy groups -OCH3 is 1. The number of rotatable bonds is 15. The molecule has 6 heteroatoms. The largest absolute Gasteiger partial charge is 0.387 e. The number of nitrogens with zero attached hydrogens (tertiary/aromatic N) is 1. The van der Waals surface area contributed by atoms with E-state index < -0.39 is 6.10 Å². The summed E-state index contributed by atoms with van der Waals surface area (Å²) in [5.41, 5.74) is 2.69. The van der Waals surface area contributed by atoms with Crippen molar-refractivity contribution in [3.05, 3.63) is 71.3 Å². The minimum atomic E-state index is -0.524. The Morgan fingerprint density at radius 2 is 1.84 bits per heavy atom. The highest BCUT2D eigenvalue weighted by Gasteiger charge is 2.16. The topological polar surface area (TPSA) is 78.9 Å². The van der Waals surface area contributed by atoms with Gasteiger partial charge in [0.05, 0.1) is 6.10 Å². The minimum Gasteiger partial charge on any atom is -0.387 e. The van der Waals surface area contributed by atoms with Gasteiger partial charge in [-0.1, -0.05) is 42.5 Å². The Morgan fingerprint density at radius 3 is 2.47 bits per heavy atom. The number of amides is 1. The van der Waals surface area contributed by atoms with Crippen LogP contribution in [-0.4, -0.2) is 62.1 Å². The fourth-order valence-corrected chi connectivity index (χ4v) is 3.54. The summed E-state index contributed by atoms with van der Waals surface area (Å²) < 4.78 is 5.05. The normalized spacial score (nSPS) is 12.8. The van der Waals surface area contributed by atoms with Crippen LogP contribution in [0.15, 0.2) is 54.6 Å². The summed E-state index contributed by atoms with van der Waals surface area (Å²) in [5.74, 6) is -0.105. The molecular weight excluding hydrogens is 404 g/mol. The van der Waals surface area contributed by atoms with Crippen molar-refractivity contribution in [1.29, 1.82) is 0 Å². The number of aliphatic hydroxyl groups is 1. The van der Waals surface area contributed by atoms with Gasteiger partial charge in [-0.15, -0.1) is 0 Å².